The molecule has 4 heterocycles. The lowest BCUT2D eigenvalue weighted by Gasteiger charge is -2.31. The molecule has 2 atom stereocenters. The summed E-state index contributed by atoms with van der Waals surface area (Å²) >= 11 is 0. The molecule has 1 aliphatic rings. The lowest BCUT2D eigenvalue weighted by Crippen LogP contribution is -2.37. The smallest absolute Gasteiger partial charge is 0.161 e. The quantitative estimate of drug-likeness (QED) is 0.634. The minimum absolute atomic E-state index is 0. The van der Waals surface area contributed by atoms with Crippen molar-refractivity contribution in [1.82, 2.24) is 25.1 Å². The molecule has 22 heavy (non-hydrogen) atoms. The van der Waals surface area contributed by atoms with Crippen LogP contribution in [-0.4, -0.2) is 32.8 Å². The normalized spacial score (nSPS) is 21.5. The molecule has 0 saturated carbocycles. The second-order valence-corrected chi connectivity index (χ2v) is 5.64. The van der Waals surface area contributed by atoms with Gasteiger partial charge in [-0.3, -0.25) is 9.78 Å². The first-order valence-corrected chi connectivity index (χ1v) is 7.05. The van der Waals surface area contributed by atoms with E-state index in [1.807, 2.05) is 12.3 Å². The summed E-state index contributed by atoms with van der Waals surface area (Å²) in [6.45, 7) is 4.34. The summed E-state index contributed by atoms with van der Waals surface area (Å²) in [5.74, 6) is 1.28. The SMILES string of the molecule is C[C@@H]1CCNC[C@@H]1n1[nH]c(N)c2cnc3nccc3c21.Cl.Cl. The van der Waals surface area contributed by atoms with Crippen molar-refractivity contribution in [1.29, 1.82) is 0 Å². The van der Waals surface area contributed by atoms with Gasteiger partial charge in [-0.2, -0.15) is 0 Å². The second kappa shape index (κ2) is 6.32. The highest BCUT2D eigenvalue weighted by Gasteiger charge is 2.26. The fourth-order valence-corrected chi connectivity index (χ4v) is 3.22. The Bertz CT molecular complexity index is 780. The molecule has 1 saturated heterocycles. The molecule has 3 aromatic heterocycles. The first-order valence-electron chi connectivity index (χ1n) is 7.05. The average Bonchev–Trinajstić information content (AvgIpc) is 3.04. The molecule has 4 N–H and O–H groups in total. The zero-order valence-electron chi connectivity index (χ0n) is 12.2. The molecule has 6 nitrogen and oxygen atoms in total. The molecule has 0 radical (unpaired) electrons. The van der Waals surface area contributed by atoms with E-state index < -0.39 is 0 Å². The molecule has 0 spiro atoms. The van der Waals surface area contributed by atoms with Gasteiger partial charge in [0, 0.05) is 24.3 Å². The van der Waals surface area contributed by atoms with Crippen molar-refractivity contribution in [2.45, 2.75) is 19.4 Å². The monoisotopic (exact) mass is 342 g/mol. The van der Waals surface area contributed by atoms with Crippen LogP contribution >= 0.6 is 24.8 Å². The first-order chi connectivity index (χ1) is 9.75. The van der Waals surface area contributed by atoms with Crippen molar-refractivity contribution in [2.75, 3.05) is 18.8 Å². The van der Waals surface area contributed by atoms with E-state index in [9.17, 15) is 0 Å². The Morgan fingerprint density at radius 1 is 1.27 bits per heavy atom. The fraction of sp³-hybridized carbons (Fsp3) is 0.429. The lowest BCUT2D eigenvalue weighted by atomic mass is 9.95. The van der Waals surface area contributed by atoms with E-state index in [2.05, 4.69) is 32.0 Å². The van der Waals surface area contributed by atoms with E-state index in [4.69, 9.17) is 5.73 Å². The number of piperidine rings is 1. The summed E-state index contributed by atoms with van der Waals surface area (Å²) in [7, 11) is 0. The summed E-state index contributed by atoms with van der Waals surface area (Å²) in [5, 5.41) is 8.83. The Balaban J connectivity index is 0.000000882. The van der Waals surface area contributed by atoms with Gasteiger partial charge < -0.3 is 11.1 Å². The molecule has 3 aromatic rings. The molecule has 4 rings (SSSR count). The number of nitrogen functional groups attached to an aromatic ring is 1. The highest BCUT2D eigenvalue weighted by molar-refractivity contribution is 6.06. The van der Waals surface area contributed by atoms with Crippen molar-refractivity contribution < 1.29 is 0 Å². The fourth-order valence-electron chi connectivity index (χ4n) is 3.22. The topological polar surface area (TPSA) is 84.5 Å². The Morgan fingerprint density at radius 2 is 2.09 bits per heavy atom. The number of hydrogen-bond donors (Lipinski definition) is 3. The Kier molecular flexibility index (Phi) is 4.84. The van der Waals surface area contributed by atoms with E-state index in [0.717, 1.165) is 35.0 Å². The Morgan fingerprint density at radius 3 is 2.86 bits per heavy atom. The predicted molar refractivity (Wildman–Crippen MR) is 94.0 cm³/mol. The molecule has 0 aromatic carbocycles. The number of halogens is 2. The third-order valence-electron chi connectivity index (χ3n) is 4.40. The predicted octanol–water partition coefficient (Wildman–Crippen LogP) is 2.51. The molecule has 0 aliphatic carbocycles. The highest BCUT2D eigenvalue weighted by atomic mass is 35.5. The number of anilines is 1. The van der Waals surface area contributed by atoms with Gasteiger partial charge >= 0.3 is 0 Å². The van der Waals surface area contributed by atoms with Gasteiger partial charge in [-0.25, -0.2) is 9.97 Å². The van der Waals surface area contributed by atoms with Gasteiger partial charge in [0.2, 0.25) is 0 Å². The number of nitrogens with one attached hydrogen (secondary N) is 2. The summed E-state index contributed by atoms with van der Waals surface area (Å²) in [4.78, 5) is 8.66. The van der Waals surface area contributed by atoms with Crippen molar-refractivity contribution in [3.8, 4) is 0 Å². The Labute approximate surface area is 140 Å². The average molecular weight is 343 g/mol. The van der Waals surface area contributed by atoms with Gasteiger partial charge in [-0.05, 0) is 24.9 Å². The molecule has 8 heteroatoms. The number of nitrogens with two attached hydrogens (primary N) is 1. The van der Waals surface area contributed by atoms with Crippen LogP contribution in [0.5, 0.6) is 0 Å². The maximum atomic E-state index is 6.13. The number of aromatic nitrogens is 4. The third kappa shape index (κ3) is 2.41. The van der Waals surface area contributed by atoms with Gasteiger partial charge in [0.15, 0.2) is 5.65 Å². The molecule has 0 amide bonds. The van der Waals surface area contributed by atoms with Gasteiger partial charge in [0.05, 0.1) is 16.9 Å². The number of fused-ring (bicyclic) bond motifs is 3. The maximum Gasteiger partial charge on any atom is 0.161 e. The minimum Gasteiger partial charge on any atom is -0.384 e. The summed E-state index contributed by atoms with van der Waals surface area (Å²) < 4.78 is 2.20. The van der Waals surface area contributed by atoms with Gasteiger partial charge in [0.1, 0.15) is 5.82 Å². The molecule has 0 bridgehead atoms. The minimum atomic E-state index is 0. The van der Waals surface area contributed by atoms with Crippen molar-refractivity contribution in [2.24, 2.45) is 5.92 Å². The van der Waals surface area contributed by atoms with Gasteiger partial charge in [0.25, 0.3) is 0 Å². The lowest BCUT2D eigenvalue weighted by molar-refractivity contribution is 0.263. The second-order valence-electron chi connectivity index (χ2n) is 5.64. The van der Waals surface area contributed by atoms with E-state index in [1.54, 1.807) is 6.20 Å². The summed E-state index contributed by atoms with van der Waals surface area (Å²) in [6.07, 6.45) is 4.78. The van der Waals surface area contributed by atoms with E-state index in [1.165, 1.54) is 6.42 Å². The van der Waals surface area contributed by atoms with Crippen LogP contribution in [0, 0.1) is 5.92 Å². The molecule has 1 fully saturated rings. The number of rotatable bonds is 1. The Hall–Kier alpha value is -1.50. The van der Waals surface area contributed by atoms with Crippen molar-refractivity contribution in [3.63, 3.8) is 0 Å². The molecular formula is C14H20Cl2N6. The molecule has 0 unspecified atom stereocenters. The number of pyridine rings is 1. The van der Waals surface area contributed by atoms with Gasteiger partial charge in [-0.15, -0.1) is 24.8 Å². The number of nitrogens with zero attached hydrogens (tertiary/aromatic N) is 3. The molecule has 1 aliphatic heterocycles. The van der Waals surface area contributed by atoms with Gasteiger partial charge in [-0.1, -0.05) is 6.92 Å². The molecule has 120 valence electrons. The zero-order chi connectivity index (χ0) is 13.7. The summed E-state index contributed by atoms with van der Waals surface area (Å²) in [6, 6.07) is 2.39. The van der Waals surface area contributed by atoms with Crippen LogP contribution in [0.3, 0.4) is 0 Å². The number of H-pyrrole nitrogens is 1. The highest BCUT2D eigenvalue weighted by Crippen LogP contribution is 2.32. The van der Waals surface area contributed by atoms with Crippen LogP contribution in [0.1, 0.15) is 19.4 Å². The maximum absolute atomic E-state index is 6.13. The van der Waals surface area contributed by atoms with E-state index >= 15 is 0 Å². The summed E-state index contributed by atoms with van der Waals surface area (Å²) in [5.41, 5.74) is 8.03. The van der Waals surface area contributed by atoms with Crippen LogP contribution in [-0.2, 0) is 0 Å². The van der Waals surface area contributed by atoms with Crippen LogP contribution in [0.15, 0.2) is 18.5 Å². The largest absolute Gasteiger partial charge is 0.384 e. The standard InChI is InChI=1S/C14H18N6.2ClH/c1-8-2-4-16-7-11(8)20-12-9-3-5-17-14(9)18-6-10(12)13(15)19-20;;/h3,5-6,8,11,16,19H,2,4,7,15H2,1H3;2*1H/t8-,11+;;/m1../s1. The van der Waals surface area contributed by atoms with Crippen LogP contribution < -0.4 is 11.1 Å². The third-order valence-corrected chi connectivity index (χ3v) is 4.40. The number of aromatic amines is 1. The van der Waals surface area contributed by atoms with Crippen molar-refractivity contribution >= 4 is 52.6 Å². The van der Waals surface area contributed by atoms with E-state index in [0.29, 0.717) is 17.8 Å². The van der Waals surface area contributed by atoms with E-state index in [-0.39, 0.29) is 24.8 Å². The van der Waals surface area contributed by atoms with Crippen LogP contribution in [0.2, 0.25) is 0 Å². The zero-order valence-corrected chi connectivity index (χ0v) is 13.9. The van der Waals surface area contributed by atoms with Crippen LogP contribution in [0.25, 0.3) is 21.9 Å². The van der Waals surface area contributed by atoms with Crippen LogP contribution in [0.4, 0.5) is 5.82 Å². The van der Waals surface area contributed by atoms with Crippen molar-refractivity contribution in [3.05, 3.63) is 18.5 Å². The first kappa shape index (κ1) is 16.9. The number of hydrogen-bond acceptors (Lipinski definition) is 4. The molecular weight excluding hydrogens is 323 g/mol.